The predicted molar refractivity (Wildman–Crippen MR) is 133 cm³/mol. The number of rotatable bonds is 7. The zero-order valence-corrected chi connectivity index (χ0v) is 19.0. The number of carbonyl (C=O) groups excluding carboxylic acids is 2. The summed E-state index contributed by atoms with van der Waals surface area (Å²) in [5, 5.41) is 9.75. The van der Waals surface area contributed by atoms with Gasteiger partial charge in [-0.05, 0) is 53.2 Å². The van der Waals surface area contributed by atoms with Crippen LogP contribution in [0.5, 0.6) is 0 Å². The molecule has 0 saturated heterocycles. The lowest BCUT2D eigenvalue weighted by molar-refractivity contribution is -0.116. The van der Waals surface area contributed by atoms with E-state index in [1.165, 1.54) is 22.7 Å². The van der Waals surface area contributed by atoms with E-state index in [2.05, 4.69) is 15.6 Å². The molecule has 2 aromatic carbocycles. The zero-order chi connectivity index (χ0) is 22.6. The molecule has 0 spiro atoms. The first-order valence-corrected chi connectivity index (χ1v) is 12.0. The molecule has 0 aliphatic rings. The van der Waals surface area contributed by atoms with Crippen LogP contribution in [-0.2, 0) is 22.4 Å². The first-order valence-electron chi connectivity index (χ1n) is 10.3. The molecule has 5 rings (SSSR count). The minimum Gasteiger partial charge on any atom is -0.436 e. The van der Waals surface area contributed by atoms with E-state index in [1.807, 2.05) is 59.3 Å². The Hall–Kier alpha value is -3.75. The molecule has 8 heteroatoms. The molecule has 0 aliphatic carbocycles. The van der Waals surface area contributed by atoms with Crippen LogP contribution in [-0.4, -0.2) is 16.8 Å². The number of hydrogen-bond donors (Lipinski definition) is 2. The Morgan fingerprint density at radius 1 is 0.788 bits per heavy atom. The normalized spacial score (nSPS) is 10.9. The lowest BCUT2D eigenvalue weighted by Crippen LogP contribution is -2.16. The fourth-order valence-electron chi connectivity index (χ4n) is 3.44. The maximum Gasteiger partial charge on any atom is 0.229 e. The molecule has 2 N–H and O–H groups in total. The van der Waals surface area contributed by atoms with Gasteiger partial charge in [-0.1, -0.05) is 24.3 Å². The summed E-state index contributed by atoms with van der Waals surface area (Å²) in [5.74, 6) is 0.144. The molecule has 164 valence electrons. The van der Waals surface area contributed by atoms with Crippen LogP contribution in [0.25, 0.3) is 22.6 Å². The number of nitrogens with zero attached hydrogens (tertiary/aromatic N) is 1. The zero-order valence-electron chi connectivity index (χ0n) is 17.4. The van der Waals surface area contributed by atoms with Crippen molar-refractivity contribution in [3.05, 3.63) is 87.2 Å². The van der Waals surface area contributed by atoms with Gasteiger partial charge in [0.1, 0.15) is 5.52 Å². The number of amides is 2. The van der Waals surface area contributed by atoms with Crippen LogP contribution in [0.1, 0.15) is 9.75 Å². The molecular formula is C25H19N3O3S2. The van der Waals surface area contributed by atoms with E-state index in [9.17, 15) is 9.59 Å². The van der Waals surface area contributed by atoms with Gasteiger partial charge in [0.05, 0.1) is 12.8 Å². The summed E-state index contributed by atoms with van der Waals surface area (Å²) < 4.78 is 5.91. The maximum absolute atomic E-state index is 12.6. The minimum absolute atomic E-state index is 0.136. The van der Waals surface area contributed by atoms with E-state index in [-0.39, 0.29) is 24.7 Å². The van der Waals surface area contributed by atoms with Gasteiger partial charge in [0, 0.05) is 26.7 Å². The molecule has 0 radical (unpaired) electrons. The van der Waals surface area contributed by atoms with Crippen molar-refractivity contribution in [1.82, 2.24) is 4.98 Å². The first-order chi connectivity index (χ1) is 16.1. The quantitative estimate of drug-likeness (QED) is 0.305. The molecule has 0 atom stereocenters. The van der Waals surface area contributed by atoms with E-state index in [0.717, 1.165) is 15.3 Å². The van der Waals surface area contributed by atoms with Crippen LogP contribution >= 0.6 is 22.7 Å². The third-order valence-electron chi connectivity index (χ3n) is 4.87. The van der Waals surface area contributed by atoms with Crippen molar-refractivity contribution in [2.75, 3.05) is 10.6 Å². The molecule has 0 unspecified atom stereocenters. The van der Waals surface area contributed by atoms with Gasteiger partial charge in [-0.25, -0.2) is 4.98 Å². The number of fused-ring (bicyclic) bond motifs is 1. The third kappa shape index (κ3) is 5.19. The smallest absolute Gasteiger partial charge is 0.229 e. The number of nitrogens with one attached hydrogen (secondary N) is 2. The summed E-state index contributed by atoms with van der Waals surface area (Å²) in [6, 6.07) is 20.5. The molecule has 0 aliphatic heterocycles. The fourth-order valence-corrected chi connectivity index (χ4v) is 4.85. The summed E-state index contributed by atoms with van der Waals surface area (Å²) in [4.78, 5) is 31.7. The highest BCUT2D eigenvalue weighted by atomic mass is 32.1. The number of carbonyl (C=O) groups is 2. The molecule has 3 aromatic heterocycles. The second kappa shape index (κ2) is 9.40. The van der Waals surface area contributed by atoms with Crippen LogP contribution < -0.4 is 10.6 Å². The highest BCUT2D eigenvalue weighted by molar-refractivity contribution is 7.10. The highest BCUT2D eigenvalue weighted by Gasteiger charge is 2.14. The monoisotopic (exact) mass is 473 g/mol. The van der Waals surface area contributed by atoms with Gasteiger partial charge in [0.2, 0.25) is 17.7 Å². The average Bonchev–Trinajstić information content (AvgIpc) is 3.55. The topological polar surface area (TPSA) is 84.2 Å². The van der Waals surface area contributed by atoms with Crippen molar-refractivity contribution in [3.63, 3.8) is 0 Å². The van der Waals surface area contributed by atoms with Gasteiger partial charge in [0.15, 0.2) is 5.58 Å². The molecule has 0 saturated carbocycles. The second-order valence-corrected chi connectivity index (χ2v) is 9.46. The number of para-hydroxylation sites is 2. The Morgan fingerprint density at radius 2 is 1.39 bits per heavy atom. The van der Waals surface area contributed by atoms with E-state index in [1.54, 1.807) is 18.2 Å². The van der Waals surface area contributed by atoms with Crippen molar-refractivity contribution < 1.29 is 14.0 Å². The van der Waals surface area contributed by atoms with Crippen LogP contribution in [0.3, 0.4) is 0 Å². The second-order valence-electron chi connectivity index (χ2n) is 7.39. The molecule has 6 nitrogen and oxygen atoms in total. The Bertz CT molecular complexity index is 1300. The van der Waals surface area contributed by atoms with Gasteiger partial charge in [-0.2, -0.15) is 0 Å². The lowest BCUT2D eigenvalue weighted by Gasteiger charge is -2.11. The van der Waals surface area contributed by atoms with Crippen molar-refractivity contribution in [2.24, 2.45) is 0 Å². The van der Waals surface area contributed by atoms with E-state index in [4.69, 9.17) is 4.42 Å². The van der Waals surface area contributed by atoms with Crippen LogP contribution in [0.4, 0.5) is 11.4 Å². The van der Waals surface area contributed by atoms with Gasteiger partial charge >= 0.3 is 0 Å². The summed E-state index contributed by atoms with van der Waals surface area (Å²) in [6.07, 6.45) is 0.565. The van der Waals surface area contributed by atoms with E-state index >= 15 is 0 Å². The van der Waals surface area contributed by atoms with Crippen molar-refractivity contribution >= 4 is 57.0 Å². The van der Waals surface area contributed by atoms with Crippen molar-refractivity contribution in [2.45, 2.75) is 12.8 Å². The SMILES string of the molecule is O=C(Cc1cccs1)Nc1cc(NC(=O)Cc2cccs2)cc(-c2nc3ccccc3o2)c1. The van der Waals surface area contributed by atoms with E-state index in [0.29, 0.717) is 28.4 Å². The standard InChI is InChI=1S/C25H19N3O3S2/c29-23(14-19-5-3-9-32-19)26-17-11-16(25-28-21-7-1-2-8-22(21)31-25)12-18(13-17)27-24(30)15-20-6-4-10-33-20/h1-13H,14-15H2,(H,26,29)(H,27,30). The van der Waals surface area contributed by atoms with Gasteiger partial charge < -0.3 is 15.1 Å². The van der Waals surface area contributed by atoms with E-state index < -0.39 is 0 Å². The lowest BCUT2D eigenvalue weighted by atomic mass is 10.1. The number of oxazole rings is 1. The molecule has 33 heavy (non-hydrogen) atoms. The maximum atomic E-state index is 12.6. The highest BCUT2D eigenvalue weighted by Crippen LogP contribution is 2.30. The minimum atomic E-state index is -0.136. The Labute approximate surface area is 197 Å². The molecule has 0 bridgehead atoms. The largest absolute Gasteiger partial charge is 0.436 e. The van der Waals surface area contributed by atoms with Crippen molar-refractivity contribution in [3.8, 4) is 11.5 Å². The molecule has 0 fully saturated rings. The van der Waals surface area contributed by atoms with Crippen LogP contribution in [0.15, 0.2) is 81.9 Å². The Kier molecular flexibility index (Phi) is 6.01. The number of benzene rings is 2. The summed E-state index contributed by atoms with van der Waals surface area (Å²) >= 11 is 3.07. The average molecular weight is 474 g/mol. The van der Waals surface area contributed by atoms with Gasteiger partial charge in [-0.15, -0.1) is 22.7 Å². The van der Waals surface area contributed by atoms with Gasteiger partial charge in [-0.3, -0.25) is 9.59 Å². The van der Waals surface area contributed by atoms with Crippen molar-refractivity contribution in [1.29, 1.82) is 0 Å². The summed E-state index contributed by atoms with van der Waals surface area (Å²) in [6.45, 7) is 0. The Morgan fingerprint density at radius 3 is 1.94 bits per heavy atom. The molecular weight excluding hydrogens is 454 g/mol. The number of anilines is 2. The first kappa shape index (κ1) is 21.1. The van der Waals surface area contributed by atoms with Crippen LogP contribution in [0.2, 0.25) is 0 Å². The molecule has 5 aromatic rings. The number of thiophene rings is 2. The van der Waals surface area contributed by atoms with Gasteiger partial charge in [0.25, 0.3) is 0 Å². The number of aromatic nitrogens is 1. The number of hydrogen-bond acceptors (Lipinski definition) is 6. The molecule has 3 heterocycles. The summed E-state index contributed by atoms with van der Waals surface area (Å²) in [5.41, 5.74) is 3.18. The summed E-state index contributed by atoms with van der Waals surface area (Å²) in [7, 11) is 0. The Balaban J connectivity index is 1.43. The van der Waals surface area contributed by atoms with Crippen LogP contribution in [0, 0.1) is 0 Å². The third-order valence-corrected chi connectivity index (χ3v) is 6.62. The predicted octanol–water partition coefficient (Wildman–Crippen LogP) is 5.98. The molecule has 2 amide bonds. The fraction of sp³-hybridized carbons (Fsp3) is 0.0800.